The second kappa shape index (κ2) is 5.24. The van der Waals surface area contributed by atoms with Crippen LogP contribution in [0.25, 0.3) is 10.8 Å². The number of rotatable bonds is 2. The van der Waals surface area contributed by atoms with E-state index in [0.29, 0.717) is 16.5 Å². The van der Waals surface area contributed by atoms with Crippen molar-refractivity contribution in [2.45, 2.75) is 33.3 Å². The Hall–Kier alpha value is -2.30. The smallest absolute Gasteiger partial charge is 0.343 e. The Kier molecular flexibility index (Phi) is 3.77. The molecular weight excluding hydrogens is 272 g/mol. The van der Waals surface area contributed by atoms with Crippen molar-refractivity contribution in [2.75, 3.05) is 7.11 Å². The summed E-state index contributed by atoms with van der Waals surface area (Å²) >= 11 is 0. The van der Waals surface area contributed by atoms with Crippen LogP contribution in [-0.2, 0) is 4.74 Å². The highest BCUT2D eigenvalue weighted by molar-refractivity contribution is 6.05. The molecule has 0 N–H and O–H groups in total. The first-order valence-corrected chi connectivity index (χ1v) is 6.58. The summed E-state index contributed by atoms with van der Waals surface area (Å²) in [6, 6.07) is 4.86. The maximum absolute atomic E-state index is 12.4. The molecule has 5 heteroatoms. The normalized spacial score (nSPS) is 11.5. The minimum atomic E-state index is -0.634. The fraction of sp³-hybridized carbons (Fsp3) is 0.375. The van der Waals surface area contributed by atoms with Gasteiger partial charge in [0, 0.05) is 5.39 Å². The highest BCUT2D eigenvalue weighted by Gasteiger charge is 2.24. The van der Waals surface area contributed by atoms with E-state index in [4.69, 9.17) is 13.9 Å². The molecule has 1 aromatic carbocycles. The Balaban J connectivity index is 2.72. The minimum Gasteiger partial charge on any atom is -0.497 e. The Labute approximate surface area is 122 Å². The molecule has 112 valence electrons. The summed E-state index contributed by atoms with van der Waals surface area (Å²) in [7, 11) is 1.52. The van der Waals surface area contributed by atoms with Gasteiger partial charge in [0.05, 0.1) is 12.5 Å². The average molecular weight is 290 g/mol. The van der Waals surface area contributed by atoms with Crippen molar-refractivity contribution < 1.29 is 18.7 Å². The minimum absolute atomic E-state index is 0.231. The predicted molar refractivity (Wildman–Crippen MR) is 78.9 cm³/mol. The fourth-order valence-electron chi connectivity index (χ4n) is 2.05. The zero-order valence-corrected chi connectivity index (χ0v) is 12.8. The molecule has 1 aromatic heterocycles. The maximum atomic E-state index is 12.4. The lowest BCUT2D eigenvalue weighted by Gasteiger charge is -2.20. The molecule has 0 aliphatic carbocycles. The van der Waals surface area contributed by atoms with E-state index < -0.39 is 17.2 Å². The van der Waals surface area contributed by atoms with Gasteiger partial charge in [0.1, 0.15) is 22.7 Å². The van der Waals surface area contributed by atoms with Gasteiger partial charge in [0.25, 0.3) is 0 Å². The first kappa shape index (κ1) is 15.1. The molecule has 5 nitrogen and oxygen atoms in total. The van der Waals surface area contributed by atoms with Crippen LogP contribution >= 0.6 is 0 Å². The van der Waals surface area contributed by atoms with E-state index in [9.17, 15) is 9.59 Å². The maximum Gasteiger partial charge on any atom is 0.343 e. The van der Waals surface area contributed by atoms with Crippen LogP contribution in [0.4, 0.5) is 0 Å². The standard InChI is InChI=1S/C16H18O5/c1-9-13(15(18)21-16(2,3)4)12-8-10(19-5)6-7-11(12)14(17)20-9/h6-8H,1-5H3. The third-order valence-corrected chi connectivity index (χ3v) is 2.92. The van der Waals surface area contributed by atoms with Crippen LogP contribution in [0, 0.1) is 6.92 Å². The molecule has 0 fully saturated rings. The van der Waals surface area contributed by atoms with Crippen molar-refractivity contribution >= 4 is 16.7 Å². The van der Waals surface area contributed by atoms with E-state index in [1.807, 2.05) is 0 Å². The van der Waals surface area contributed by atoms with Gasteiger partial charge in [-0.15, -0.1) is 0 Å². The number of ether oxygens (including phenoxy) is 2. The quantitative estimate of drug-likeness (QED) is 0.795. The summed E-state index contributed by atoms with van der Waals surface area (Å²) in [5.41, 5.74) is -0.874. The van der Waals surface area contributed by atoms with Crippen molar-refractivity contribution in [2.24, 2.45) is 0 Å². The molecule has 0 atom stereocenters. The SMILES string of the molecule is COc1ccc2c(=O)oc(C)c(C(=O)OC(C)(C)C)c2c1. The van der Waals surface area contributed by atoms with Crippen molar-refractivity contribution in [3.63, 3.8) is 0 Å². The summed E-state index contributed by atoms with van der Waals surface area (Å²) in [5, 5.41) is 0.791. The van der Waals surface area contributed by atoms with E-state index in [-0.39, 0.29) is 11.3 Å². The van der Waals surface area contributed by atoms with Gasteiger partial charge in [0.15, 0.2) is 0 Å². The number of aryl methyl sites for hydroxylation is 1. The van der Waals surface area contributed by atoms with Gasteiger partial charge < -0.3 is 13.9 Å². The van der Waals surface area contributed by atoms with Crippen molar-refractivity contribution in [1.82, 2.24) is 0 Å². The zero-order valence-electron chi connectivity index (χ0n) is 12.8. The van der Waals surface area contributed by atoms with Gasteiger partial charge in [0.2, 0.25) is 0 Å². The Morgan fingerprint density at radius 2 is 1.86 bits per heavy atom. The second-order valence-electron chi connectivity index (χ2n) is 5.73. The van der Waals surface area contributed by atoms with Crippen LogP contribution in [0.5, 0.6) is 5.75 Å². The van der Waals surface area contributed by atoms with Gasteiger partial charge >= 0.3 is 11.6 Å². The highest BCUT2D eigenvalue weighted by Crippen LogP contribution is 2.26. The van der Waals surface area contributed by atoms with Gasteiger partial charge in [-0.2, -0.15) is 0 Å². The first-order valence-electron chi connectivity index (χ1n) is 6.58. The number of benzene rings is 1. The monoisotopic (exact) mass is 290 g/mol. The van der Waals surface area contributed by atoms with Gasteiger partial charge in [-0.3, -0.25) is 0 Å². The zero-order chi connectivity index (χ0) is 15.8. The summed E-state index contributed by atoms with van der Waals surface area (Å²) in [6.07, 6.45) is 0. The van der Waals surface area contributed by atoms with Crippen molar-refractivity contribution in [3.05, 3.63) is 39.9 Å². The molecule has 0 aliphatic heterocycles. The molecule has 1 heterocycles. The molecule has 0 saturated carbocycles. The van der Waals surface area contributed by atoms with Crippen LogP contribution in [-0.4, -0.2) is 18.7 Å². The molecule has 0 aliphatic rings. The number of esters is 1. The lowest BCUT2D eigenvalue weighted by atomic mass is 10.1. The average Bonchev–Trinajstić information content (AvgIpc) is 2.35. The van der Waals surface area contributed by atoms with E-state index in [1.54, 1.807) is 45.9 Å². The van der Waals surface area contributed by atoms with Crippen molar-refractivity contribution in [3.8, 4) is 5.75 Å². The molecule has 2 rings (SSSR count). The third-order valence-electron chi connectivity index (χ3n) is 2.92. The van der Waals surface area contributed by atoms with Crippen LogP contribution in [0.15, 0.2) is 27.4 Å². The van der Waals surface area contributed by atoms with Crippen LogP contribution in [0.1, 0.15) is 36.9 Å². The lowest BCUT2D eigenvalue weighted by Crippen LogP contribution is -2.25. The Morgan fingerprint density at radius 1 is 1.19 bits per heavy atom. The number of carbonyl (C=O) groups is 1. The number of carbonyl (C=O) groups excluding carboxylic acids is 1. The number of fused-ring (bicyclic) bond motifs is 1. The first-order chi connectivity index (χ1) is 9.73. The van der Waals surface area contributed by atoms with Crippen LogP contribution in [0.2, 0.25) is 0 Å². The number of methoxy groups -OCH3 is 1. The molecule has 2 aromatic rings. The van der Waals surface area contributed by atoms with E-state index in [1.165, 1.54) is 7.11 Å². The predicted octanol–water partition coefficient (Wildman–Crippen LogP) is 3.07. The highest BCUT2D eigenvalue weighted by atomic mass is 16.6. The molecule has 0 bridgehead atoms. The lowest BCUT2D eigenvalue weighted by molar-refractivity contribution is 0.00682. The van der Waals surface area contributed by atoms with E-state index in [2.05, 4.69) is 0 Å². The van der Waals surface area contributed by atoms with E-state index in [0.717, 1.165) is 0 Å². The van der Waals surface area contributed by atoms with Gasteiger partial charge in [-0.05, 0) is 45.9 Å². The summed E-state index contributed by atoms with van der Waals surface area (Å²) in [5.74, 6) is 0.259. The summed E-state index contributed by atoms with van der Waals surface area (Å²) in [4.78, 5) is 24.3. The van der Waals surface area contributed by atoms with Crippen molar-refractivity contribution in [1.29, 1.82) is 0 Å². The van der Waals surface area contributed by atoms with Gasteiger partial charge in [-0.25, -0.2) is 9.59 Å². The molecule has 0 radical (unpaired) electrons. The van der Waals surface area contributed by atoms with Gasteiger partial charge in [-0.1, -0.05) is 0 Å². The van der Waals surface area contributed by atoms with E-state index >= 15 is 0 Å². The molecular formula is C16H18O5. The Morgan fingerprint density at radius 3 is 2.43 bits per heavy atom. The summed E-state index contributed by atoms with van der Waals surface area (Å²) in [6.45, 7) is 6.91. The van der Waals surface area contributed by atoms with Crippen LogP contribution in [0.3, 0.4) is 0 Å². The molecule has 0 amide bonds. The second-order valence-corrected chi connectivity index (χ2v) is 5.73. The largest absolute Gasteiger partial charge is 0.497 e. The number of hydrogen-bond donors (Lipinski definition) is 0. The molecule has 21 heavy (non-hydrogen) atoms. The molecule has 0 saturated heterocycles. The Bertz CT molecular complexity index is 750. The van der Waals surface area contributed by atoms with Crippen LogP contribution < -0.4 is 10.4 Å². The fourth-order valence-corrected chi connectivity index (χ4v) is 2.05. The molecule has 0 spiro atoms. The molecule has 0 unspecified atom stereocenters. The number of hydrogen-bond acceptors (Lipinski definition) is 5. The topological polar surface area (TPSA) is 65.7 Å². The third kappa shape index (κ3) is 3.07. The summed E-state index contributed by atoms with van der Waals surface area (Å²) < 4.78 is 15.7.